The smallest absolute Gasteiger partial charge is 0.274 e. The van der Waals surface area contributed by atoms with Gasteiger partial charge in [-0.05, 0) is 26.2 Å². The standard InChI is InChI=1S/C16H26N4O/c1-3-10-17-15-12-18-14(11-19-15)16(21)20(4-2)13-8-6-5-7-9-13/h11-13H,3-10H2,1-2H3,(H,17,19). The predicted octanol–water partition coefficient (Wildman–Crippen LogP) is 3.09. The Bertz CT molecular complexity index is 440. The Labute approximate surface area is 127 Å². The number of hydrogen-bond acceptors (Lipinski definition) is 4. The summed E-state index contributed by atoms with van der Waals surface area (Å²) in [5.74, 6) is 0.744. The van der Waals surface area contributed by atoms with Crippen molar-refractivity contribution in [2.24, 2.45) is 0 Å². The molecule has 116 valence electrons. The zero-order valence-corrected chi connectivity index (χ0v) is 13.1. The molecule has 0 unspecified atom stereocenters. The van der Waals surface area contributed by atoms with Crippen molar-refractivity contribution in [2.75, 3.05) is 18.4 Å². The van der Waals surface area contributed by atoms with Crippen molar-refractivity contribution in [3.63, 3.8) is 0 Å². The largest absolute Gasteiger partial charge is 0.369 e. The summed E-state index contributed by atoms with van der Waals surface area (Å²) in [5, 5.41) is 3.17. The lowest BCUT2D eigenvalue weighted by molar-refractivity contribution is 0.0641. The van der Waals surface area contributed by atoms with Crippen LogP contribution in [0.4, 0.5) is 5.82 Å². The van der Waals surface area contributed by atoms with E-state index in [0.29, 0.717) is 11.7 Å². The summed E-state index contributed by atoms with van der Waals surface area (Å²) >= 11 is 0. The SMILES string of the molecule is CCCNc1cnc(C(=O)N(CC)C2CCCCC2)cn1. The van der Waals surface area contributed by atoms with Gasteiger partial charge in [-0.1, -0.05) is 26.2 Å². The summed E-state index contributed by atoms with van der Waals surface area (Å²) in [4.78, 5) is 23.1. The molecule has 1 heterocycles. The minimum atomic E-state index is 0.0129. The molecule has 1 aliphatic rings. The highest BCUT2D eigenvalue weighted by Crippen LogP contribution is 2.23. The molecule has 1 amide bonds. The average molecular weight is 290 g/mol. The summed E-state index contributed by atoms with van der Waals surface area (Å²) in [6.45, 7) is 5.74. The van der Waals surface area contributed by atoms with Gasteiger partial charge >= 0.3 is 0 Å². The first-order valence-corrected chi connectivity index (χ1v) is 8.13. The van der Waals surface area contributed by atoms with E-state index in [0.717, 1.165) is 38.2 Å². The van der Waals surface area contributed by atoms with Crippen LogP contribution in [0, 0.1) is 0 Å². The van der Waals surface area contributed by atoms with Gasteiger partial charge in [0.15, 0.2) is 0 Å². The van der Waals surface area contributed by atoms with Gasteiger partial charge in [0.1, 0.15) is 11.5 Å². The van der Waals surface area contributed by atoms with Crippen molar-refractivity contribution in [3.05, 3.63) is 18.1 Å². The van der Waals surface area contributed by atoms with Gasteiger partial charge in [0, 0.05) is 19.1 Å². The zero-order valence-electron chi connectivity index (χ0n) is 13.1. The predicted molar refractivity (Wildman–Crippen MR) is 84.4 cm³/mol. The van der Waals surface area contributed by atoms with Crippen molar-refractivity contribution in [2.45, 2.75) is 58.4 Å². The van der Waals surface area contributed by atoms with E-state index in [1.54, 1.807) is 12.4 Å². The van der Waals surface area contributed by atoms with Crippen LogP contribution in [0.2, 0.25) is 0 Å². The van der Waals surface area contributed by atoms with Crippen LogP contribution in [0.5, 0.6) is 0 Å². The highest BCUT2D eigenvalue weighted by atomic mass is 16.2. The van der Waals surface area contributed by atoms with Crippen LogP contribution in [0.1, 0.15) is 62.9 Å². The van der Waals surface area contributed by atoms with Crippen molar-refractivity contribution in [3.8, 4) is 0 Å². The lowest BCUT2D eigenvalue weighted by atomic mass is 9.94. The van der Waals surface area contributed by atoms with Crippen LogP contribution in [-0.4, -0.2) is 39.9 Å². The van der Waals surface area contributed by atoms with Crippen molar-refractivity contribution < 1.29 is 4.79 Å². The molecule has 0 spiro atoms. The molecule has 1 aromatic rings. The molecule has 1 aliphatic carbocycles. The third-order valence-corrected chi connectivity index (χ3v) is 4.04. The molecule has 5 nitrogen and oxygen atoms in total. The number of amides is 1. The second-order valence-corrected chi connectivity index (χ2v) is 5.60. The molecule has 21 heavy (non-hydrogen) atoms. The molecule has 1 N–H and O–H groups in total. The van der Waals surface area contributed by atoms with Crippen molar-refractivity contribution in [1.29, 1.82) is 0 Å². The third kappa shape index (κ3) is 4.16. The molecule has 0 atom stereocenters. The number of carbonyl (C=O) groups excluding carboxylic acids is 1. The van der Waals surface area contributed by atoms with Crippen LogP contribution in [0.3, 0.4) is 0 Å². The Kier molecular flexibility index (Phi) is 5.96. The first-order chi connectivity index (χ1) is 10.3. The van der Waals surface area contributed by atoms with Crippen LogP contribution in [-0.2, 0) is 0 Å². The van der Waals surface area contributed by atoms with E-state index in [2.05, 4.69) is 22.2 Å². The van der Waals surface area contributed by atoms with Gasteiger partial charge in [0.25, 0.3) is 5.91 Å². The Morgan fingerprint density at radius 3 is 2.57 bits per heavy atom. The Morgan fingerprint density at radius 2 is 2.00 bits per heavy atom. The molecular weight excluding hydrogens is 264 g/mol. The highest BCUT2D eigenvalue weighted by Gasteiger charge is 2.25. The lowest BCUT2D eigenvalue weighted by Crippen LogP contribution is -2.41. The zero-order chi connectivity index (χ0) is 15.1. The number of hydrogen-bond donors (Lipinski definition) is 1. The van der Waals surface area contributed by atoms with E-state index in [1.807, 2.05) is 11.8 Å². The monoisotopic (exact) mass is 290 g/mol. The molecule has 1 fully saturated rings. The minimum Gasteiger partial charge on any atom is -0.369 e. The fraction of sp³-hybridized carbons (Fsp3) is 0.688. The van der Waals surface area contributed by atoms with E-state index >= 15 is 0 Å². The summed E-state index contributed by atoms with van der Waals surface area (Å²) in [7, 11) is 0. The fourth-order valence-electron chi connectivity index (χ4n) is 2.89. The quantitative estimate of drug-likeness (QED) is 0.874. The second kappa shape index (κ2) is 7.96. The Balaban J connectivity index is 2.02. The minimum absolute atomic E-state index is 0.0129. The van der Waals surface area contributed by atoms with Gasteiger partial charge in [-0.25, -0.2) is 9.97 Å². The van der Waals surface area contributed by atoms with E-state index in [1.165, 1.54) is 19.3 Å². The topological polar surface area (TPSA) is 58.1 Å². The normalized spacial score (nSPS) is 15.7. The molecule has 2 rings (SSSR count). The van der Waals surface area contributed by atoms with Crippen molar-refractivity contribution in [1.82, 2.24) is 14.9 Å². The Morgan fingerprint density at radius 1 is 1.24 bits per heavy atom. The van der Waals surface area contributed by atoms with Crippen molar-refractivity contribution >= 4 is 11.7 Å². The van der Waals surface area contributed by atoms with Crippen LogP contribution < -0.4 is 5.32 Å². The molecule has 0 bridgehead atoms. The molecule has 1 saturated carbocycles. The van der Waals surface area contributed by atoms with Crippen LogP contribution in [0.15, 0.2) is 12.4 Å². The van der Waals surface area contributed by atoms with Gasteiger partial charge in [0.2, 0.25) is 0 Å². The molecule has 0 aliphatic heterocycles. The van der Waals surface area contributed by atoms with Gasteiger partial charge in [-0.3, -0.25) is 4.79 Å². The molecule has 0 saturated heterocycles. The van der Waals surface area contributed by atoms with E-state index in [9.17, 15) is 4.79 Å². The van der Waals surface area contributed by atoms with Gasteiger partial charge in [-0.15, -0.1) is 0 Å². The summed E-state index contributed by atoms with van der Waals surface area (Å²) in [6.07, 6.45) is 10.2. The Hall–Kier alpha value is -1.65. The van der Waals surface area contributed by atoms with E-state index in [4.69, 9.17) is 0 Å². The van der Waals surface area contributed by atoms with Gasteiger partial charge in [0.05, 0.1) is 12.4 Å². The fourth-order valence-corrected chi connectivity index (χ4v) is 2.89. The van der Waals surface area contributed by atoms with Crippen LogP contribution >= 0.6 is 0 Å². The maximum Gasteiger partial charge on any atom is 0.274 e. The average Bonchev–Trinajstić information content (AvgIpc) is 2.55. The van der Waals surface area contributed by atoms with E-state index < -0.39 is 0 Å². The lowest BCUT2D eigenvalue weighted by Gasteiger charge is -2.33. The molecule has 1 aromatic heterocycles. The van der Waals surface area contributed by atoms with Gasteiger partial charge in [-0.2, -0.15) is 0 Å². The maximum atomic E-state index is 12.6. The molecule has 0 radical (unpaired) electrons. The van der Waals surface area contributed by atoms with E-state index in [-0.39, 0.29) is 5.91 Å². The summed E-state index contributed by atoms with van der Waals surface area (Å²) in [5.41, 5.74) is 0.449. The second-order valence-electron chi connectivity index (χ2n) is 5.60. The first kappa shape index (κ1) is 15.7. The number of carbonyl (C=O) groups is 1. The van der Waals surface area contributed by atoms with Crippen LogP contribution in [0.25, 0.3) is 0 Å². The number of rotatable bonds is 6. The summed E-state index contributed by atoms with van der Waals surface area (Å²) in [6, 6.07) is 0.371. The third-order valence-electron chi connectivity index (χ3n) is 4.04. The first-order valence-electron chi connectivity index (χ1n) is 8.13. The summed E-state index contributed by atoms with van der Waals surface area (Å²) < 4.78 is 0. The molecule has 0 aromatic carbocycles. The number of anilines is 1. The number of nitrogens with one attached hydrogen (secondary N) is 1. The number of nitrogens with zero attached hydrogens (tertiary/aromatic N) is 3. The molecular formula is C16H26N4O. The highest BCUT2D eigenvalue weighted by molar-refractivity contribution is 5.92. The maximum absolute atomic E-state index is 12.6. The number of aromatic nitrogens is 2. The van der Waals surface area contributed by atoms with Gasteiger partial charge < -0.3 is 10.2 Å². The molecule has 5 heteroatoms.